The number of nitriles is 1. The molecular weight excluding hydrogens is 336 g/mol. The van der Waals surface area contributed by atoms with Gasteiger partial charge in [0.2, 0.25) is 0 Å². The van der Waals surface area contributed by atoms with Crippen LogP contribution in [0.2, 0.25) is 0 Å². The molecule has 4 heteroatoms. The lowest BCUT2D eigenvalue weighted by Crippen LogP contribution is -2.40. The molecular formula is C23H18N2O2. The zero-order chi connectivity index (χ0) is 19.0. The molecule has 0 aromatic heterocycles. The molecule has 1 amide bonds. The number of anilines is 1. The lowest BCUT2D eigenvalue weighted by molar-refractivity contribution is -0.132. The van der Waals surface area contributed by atoms with Crippen LogP contribution in [0.4, 0.5) is 5.69 Å². The summed E-state index contributed by atoms with van der Waals surface area (Å²) in [6.07, 6.45) is 0. The van der Waals surface area contributed by atoms with Gasteiger partial charge in [-0.2, -0.15) is 5.26 Å². The molecule has 0 fully saturated rings. The minimum Gasteiger partial charge on any atom is -0.372 e. The van der Waals surface area contributed by atoms with Gasteiger partial charge in [-0.3, -0.25) is 4.79 Å². The van der Waals surface area contributed by atoms with Crippen LogP contribution in [0.15, 0.2) is 72.8 Å². The van der Waals surface area contributed by atoms with E-state index in [-0.39, 0.29) is 5.91 Å². The molecule has 1 N–H and O–H groups in total. The fourth-order valence-electron chi connectivity index (χ4n) is 3.61. The molecule has 132 valence electrons. The maximum Gasteiger partial charge on any atom is 0.268 e. The Morgan fingerprint density at radius 2 is 1.78 bits per heavy atom. The van der Waals surface area contributed by atoms with Crippen molar-refractivity contribution in [3.05, 3.63) is 101 Å². The third kappa shape index (κ3) is 2.69. The van der Waals surface area contributed by atoms with Gasteiger partial charge >= 0.3 is 0 Å². The summed E-state index contributed by atoms with van der Waals surface area (Å²) in [5, 5.41) is 20.5. The van der Waals surface area contributed by atoms with Gasteiger partial charge in [-0.15, -0.1) is 0 Å². The molecule has 4 rings (SSSR count). The molecule has 0 aliphatic carbocycles. The molecule has 0 unspecified atom stereocenters. The highest BCUT2D eigenvalue weighted by atomic mass is 16.3. The lowest BCUT2D eigenvalue weighted by Gasteiger charge is -2.24. The Morgan fingerprint density at radius 1 is 1.04 bits per heavy atom. The standard InChI is InChI=1S/C23H18N2O2/c1-16-5-4-6-19(13-16)23(27)20-7-2-3-8-21(20)25(22(23)26)15-18-11-9-17(14-24)10-12-18/h2-13,27H,15H2,1H3/t23-/m0/s1. The van der Waals surface area contributed by atoms with Gasteiger partial charge in [0.1, 0.15) is 0 Å². The SMILES string of the molecule is Cc1cccc([C@@]2(O)C(=O)N(Cc3ccc(C#N)cc3)c3ccccc32)c1. The highest BCUT2D eigenvalue weighted by Crippen LogP contribution is 2.45. The predicted molar refractivity (Wildman–Crippen MR) is 103 cm³/mol. The second kappa shape index (κ2) is 6.39. The second-order valence-electron chi connectivity index (χ2n) is 6.80. The average Bonchev–Trinajstić information content (AvgIpc) is 2.92. The number of rotatable bonds is 3. The number of hydrogen-bond donors (Lipinski definition) is 1. The van der Waals surface area contributed by atoms with E-state index in [1.807, 2.05) is 55.5 Å². The van der Waals surface area contributed by atoms with Crippen molar-refractivity contribution in [2.45, 2.75) is 19.1 Å². The molecule has 1 aliphatic rings. The van der Waals surface area contributed by atoms with Crippen molar-refractivity contribution in [3.63, 3.8) is 0 Å². The van der Waals surface area contributed by atoms with Crippen LogP contribution < -0.4 is 4.90 Å². The van der Waals surface area contributed by atoms with Crippen LogP contribution in [0.25, 0.3) is 0 Å². The van der Waals surface area contributed by atoms with Gasteiger partial charge in [0.05, 0.1) is 23.9 Å². The van der Waals surface area contributed by atoms with E-state index in [2.05, 4.69) is 6.07 Å². The summed E-state index contributed by atoms with van der Waals surface area (Å²) in [5.41, 5.74) is 2.62. The van der Waals surface area contributed by atoms with Crippen LogP contribution >= 0.6 is 0 Å². The molecule has 3 aromatic carbocycles. The number of para-hydroxylation sites is 1. The van der Waals surface area contributed by atoms with Crippen molar-refractivity contribution in [2.75, 3.05) is 4.90 Å². The van der Waals surface area contributed by atoms with E-state index >= 15 is 0 Å². The second-order valence-corrected chi connectivity index (χ2v) is 6.80. The van der Waals surface area contributed by atoms with Gasteiger partial charge in [0, 0.05) is 5.56 Å². The normalized spacial score (nSPS) is 18.3. The van der Waals surface area contributed by atoms with Crippen molar-refractivity contribution < 1.29 is 9.90 Å². The van der Waals surface area contributed by atoms with Crippen LogP contribution in [0.3, 0.4) is 0 Å². The predicted octanol–water partition coefficient (Wildman–Crippen LogP) is 3.65. The summed E-state index contributed by atoms with van der Waals surface area (Å²) < 4.78 is 0. The van der Waals surface area contributed by atoms with Gasteiger partial charge in [0.25, 0.3) is 5.91 Å². The number of carbonyl (C=O) groups is 1. The summed E-state index contributed by atoms with van der Waals surface area (Å²) in [6, 6.07) is 24.0. The number of carbonyl (C=O) groups excluding carboxylic acids is 1. The van der Waals surface area contributed by atoms with Crippen molar-refractivity contribution in [1.82, 2.24) is 0 Å². The molecule has 1 atom stereocenters. The molecule has 0 saturated carbocycles. The number of hydrogen-bond acceptors (Lipinski definition) is 3. The molecule has 0 spiro atoms. The highest BCUT2D eigenvalue weighted by molar-refractivity contribution is 6.09. The quantitative estimate of drug-likeness (QED) is 0.781. The number of amides is 1. The van der Waals surface area contributed by atoms with Crippen molar-refractivity contribution in [3.8, 4) is 6.07 Å². The highest BCUT2D eigenvalue weighted by Gasteiger charge is 2.50. The van der Waals surface area contributed by atoms with E-state index in [1.54, 1.807) is 29.2 Å². The number of benzene rings is 3. The van der Waals surface area contributed by atoms with Gasteiger partial charge in [-0.25, -0.2) is 0 Å². The smallest absolute Gasteiger partial charge is 0.268 e. The largest absolute Gasteiger partial charge is 0.372 e. The van der Waals surface area contributed by atoms with E-state index in [4.69, 9.17) is 5.26 Å². The molecule has 0 radical (unpaired) electrons. The van der Waals surface area contributed by atoms with Gasteiger partial charge < -0.3 is 10.0 Å². The van der Waals surface area contributed by atoms with E-state index in [1.165, 1.54) is 0 Å². The Hall–Kier alpha value is -3.42. The fraction of sp³-hybridized carbons (Fsp3) is 0.130. The van der Waals surface area contributed by atoms with Gasteiger partial charge in [-0.1, -0.05) is 60.2 Å². The third-order valence-electron chi connectivity index (χ3n) is 5.00. The van der Waals surface area contributed by atoms with Crippen LogP contribution in [0, 0.1) is 18.3 Å². The maximum atomic E-state index is 13.3. The number of aryl methyl sites for hydroxylation is 1. The Morgan fingerprint density at radius 3 is 2.48 bits per heavy atom. The van der Waals surface area contributed by atoms with Gasteiger partial charge in [-0.05, 0) is 36.2 Å². The zero-order valence-corrected chi connectivity index (χ0v) is 14.9. The van der Waals surface area contributed by atoms with Crippen molar-refractivity contribution in [1.29, 1.82) is 5.26 Å². The molecule has 4 nitrogen and oxygen atoms in total. The third-order valence-corrected chi connectivity index (χ3v) is 5.00. The first-order valence-corrected chi connectivity index (χ1v) is 8.74. The number of nitrogens with zero attached hydrogens (tertiary/aromatic N) is 2. The Kier molecular flexibility index (Phi) is 4.02. The van der Waals surface area contributed by atoms with Crippen LogP contribution in [-0.4, -0.2) is 11.0 Å². The summed E-state index contributed by atoms with van der Waals surface area (Å²) in [4.78, 5) is 15.0. The molecule has 27 heavy (non-hydrogen) atoms. The molecule has 1 heterocycles. The first-order valence-electron chi connectivity index (χ1n) is 8.74. The minimum atomic E-state index is -1.70. The molecule has 0 saturated heterocycles. The van der Waals surface area contributed by atoms with Crippen LogP contribution in [0.5, 0.6) is 0 Å². The number of fused-ring (bicyclic) bond motifs is 1. The van der Waals surface area contributed by atoms with Crippen LogP contribution in [-0.2, 0) is 16.9 Å². The van der Waals surface area contributed by atoms with E-state index in [9.17, 15) is 9.90 Å². The topological polar surface area (TPSA) is 64.3 Å². The summed E-state index contributed by atoms with van der Waals surface area (Å²) in [5.74, 6) is -0.362. The van der Waals surface area contributed by atoms with Crippen molar-refractivity contribution in [2.24, 2.45) is 0 Å². The number of aliphatic hydroxyl groups is 1. The summed E-state index contributed by atoms with van der Waals surface area (Å²) >= 11 is 0. The minimum absolute atomic E-state index is 0.329. The monoisotopic (exact) mass is 354 g/mol. The fourth-order valence-corrected chi connectivity index (χ4v) is 3.61. The van der Waals surface area contributed by atoms with E-state index < -0.39 is 5.60 Å². The Labute approximate surface area is 157 Å². The van der Waals surface area contributed by atoms with E-state index in [0.717, 1.165) is 11.1 Å². The summed E-state index contributed by atoms with van der Waals surface area (Å²) in [7, 11) is 0. The first-order chi connectivity index (χ1) is 13.0. The molecule has 0 bridgehead atoms. The van der Waals surface area contributed by atoms with E-state index in [0.29, 0.717) is 28.9 Å². The van der Waals surface area contributed by atoms with Crippen molar-refractivity contribution >= 4 is 11.6 Å². The Bertz CT molecular complexity index is 1070. The maximum absolute atomic E-state index is 13.3. The lowest BCUT2D eigenvalue weighted by atomic mass is 9.87. The summed E-state index contributed by atoms with van der Waals surface area (Å²) in [6.45, 7) is 2.27. The molecule has 3 aromatic rings. The Balaban J connectivity index is 1.79. The van der Waals surface area contributed by atoms with Crippen LogP contribution in [0.1, 0.15) is 27.8 Å². The molecule has 1 aliphatic heterocycles. The zero-order valence-electron chi connectivity index (χ0n) is 14.9. The average molecular weight is 354 g/mol. The van der Waals surface area contributed by atoms with Gasteiger partial charge in [0.15, 0.2) is 5.60 Å². The first kappa shape index (κ1) is 17.0.